The number of benzene rings is 2. The second-order valence-electron chi connectivity index (χ2n) is 5.33. The van der Waals surface area contributed by atoms with Gasteiger partial charge in [0.1, 0.15) is 6.61 Å². The van der Waals surface area contributed by atoms with Crippen LogP contribution in [0.3, 0.4) is 0 Å². The molecule has 0 saturated carbocycles. The summed E-state index contributed by atoms with van der Waals surface area (Å²) >= 11 is 0. The first-order valence-electron chi connectivity index (χ1n) is 7.45. The van der Waals surface area contributed by atoms with E-state index in [4.69, 9.17) is 9.47 Å². The lowest BCUT2D eigenvalue weighted by atomic mass is 10.0. The van der Waals surface area contributed by atoms with Crippen molar-refractivity contribution in [3.8, 4) is 11.5 Å². The highest BCUT2D eigenvalue weighted by molar-refractivity contribution is 5.44. The molecule has 0 radical (unpaired) electrons. The van der Waals surface area contributed by atoms with E-state index in [9.17, 15) is 0 Å². The van der Waals surface area contributed by atoms with E-state index in [1.807, 2.05) is 24.3 Å². The number of hydrogen-bond acceptors (Lipinski definition) is 3. The van der Waals surface area contributed by atoms with E-state index in [0.717, 1.165) is 23.6 Å². The van der Waals surface area contributed by atoms with Crippen LogP contribution in [0.1, 0.15) is 30.0 Å². The van der Waals surface area contributed by atoms with Gasteiger partial charge in [-0.1, -0.05) is 36.4 Å². The van der Waals surface area contributed by atoms with E-state index in [0.29, 0.717) is 12.6 Å². The van der Waals surface area contributed by atoms with Crippen LogP contribution in [0.4, 0.5) is 0 Å². The van der Waals surface area contributed by atoms with Crippen molar-refractivity contribution in [1.82, 2.24) is 5.32 Å². The summed E-state index contributed by atoms with van der Waals surface area (Å²) in [6, 6.07) is 16.8. The molecule has 1 atom stereocenters. The van der Waals surface area contributed by atoms with Crippen molar-refractivity contribution in [2.24, 2.45) is 0 Å². The first kappa shape index (κ1) is 14.0. The Balaban J connectivity index is 1.72. The Morgan fingerprint density at radius 1 is 1.10 bits per heavy atom. The molecule has 0 aliphatic carbocycles. The molecule has 1 aliphatic heterocycles. The Bertz CT molecular complexity index is 577. The fourth-order valence-corrected chi connectivity index (χ4v) is 2.72. The Kier molecular flexibility index (Phi) is 4.41. The predicted octanol–water partition coefficient (Wildman–Crippen LogP) is 3.70. The number of hydrogen-bond donors (Lipinski definition) is 1. The Morgan fingerprint density at radius 2 is 1.95 bits per heavy atom. The van der Waals surface area contributed by atoms with Crippen molar-refractivity contribution >= 4 is 0 Å². The van der Waals surface area contributed by atoms with Crippen LogP contribution >= 0.6 is 0 Å². The van der Waals surface area contributed by atoms with E-state index in [-0.39, 0.29) is 0 Å². The normalized spacial score (nSPS) is 17.7. The van der Waals surface area contributed by atoms with Crippen molar-refractivity contribution in [3.63, 3.8) is 0 Å². The Hall–Kier alpha value is -2.00. The zero-order valence-corrected chi connectivity index (χ0v) is 12.3. The van der Waals surface area contributed by atoms with Gasteiger partial charge in [-0.25, -0.2) is 0 Å². The quantitative estimate of drug-likeness (QED) is 0.907. The van der Waals surface area contributed by atoms with Crippen molar-refractivity contribution in [1.29, 1.82) is 0 Å². The molecule has 2 aromatic carbocycles. The predicted molar refractivity (Wildman–Crippen MR) is 83.7 cm³/mol. The van der Waals surface area contributed by atoms with Gasteiger partial charge in [0.15, 0.2) is 11.5 Å². The molecular weight excluding hydrogens is 262 g/mol. The monoisotopic (exact) mass is 283 g/mol. The molecule has 3 nitrogen and oxygen atoms in total. The molecule has 1 aliphatic rings. The maximum atomic E-state index is 5.89. The summed E-state index contributed by atoms with van der Waals surface area (Å²) in [6.07, 6.45) is 2.42. The first-order valence-corrected chi connectivity index (χ1v) is 7.45. The van der Waals surface area contributed by atoms with Crippen LogP contribution in [-0.2, 0) is 6.61 Å². The molecule has 1 heterocycles. The fourth-order valence-electron chi connectivity index (χ4n) is 2.72. The van der Waals surface area contributed by atoms with Crippen LogP contribution in [0, 0.1) is 0 Å². The van der Waals surface area contributed by atoms with E-state index in [2.05, 4.69) is 29.6 Å². The van der Waals surface area contributed by atoms with Crippen molar-refractivity contribution < 1.29 is 9.47 Å². The van der Waals surface area contributed by atoms with Crippen LogP contribution in [-0.4, -0.2) is 13.7 Å². The van der Waals surface area contributed by atoms with Gasteiger partial charge in [0.2, 0.25) is 0 Å². The summed E-state index contributed by atoms with van der Waals surface area (Å²) in [7, 11) is 1.69. The zero-order chi connectivity index (χ0) is 14.5. The molecule has 1 fully saturated rings. The number of nitrogens with one attached hydrogen (secondary N) is 1. The molecule has 1 saturated heterocycles. The highest BCUT2D eigenvalue weighted by atomic mass is 16.5. The van der Waals surface area contributed by atoms with E-state index >= 15 is 0 Å². The lowest BCUT2D eigenvalue weighted by Crippen LogP contribution is -2.12. The second-order valence-corrected chi connectivity index (χ2v) is 5.33. The van der Waals surface area contributed by atoms with Gasteiger partial charge in [-0.15, -0.1) is 0 Å². The van der Waals surface area contributed by atoms with Crippen molar-refractivity contribution in [3.05, 3.63) is 59.7 Å². The highest BCUT2D eigenvalue weighted by Crippen LogP contribution is 2.33. The summed E-state index contributed by atoms with van der Waals surface area (Å²) in [4.78, 5) is 0. The third-order valence-electron chi connectivity index (χ3n) is 3.89. The van der Waals surface area contributed by atoms with Crippen LogP contribution in [0.15, 0.2) is 48.5 Å². The number of methoxy groups -OCH3 is 1. The van der Waals surface area contributed by atoms with Crippen LogP contribution in [0.5, 0.6) is 11.5 Å². The smallest absolute Gasteiger partial charge is 0.161 e. The summed E-state index contributed by atoms with van der Waals surface area (Å²) in [5.74, 6) is 1.60. The zero-order valence-electron chi connectivity index (χ0n) is 12.3. The molecule has 0 amide bonds. The molecule has 2 aromatic rings. The second kappa shape index (κ2) is 6.64. The highest BCUT2D eigenvalue weighted by Gasteiger charge is 2.17. The summed E-state index contributed by atoms with van der Waals surface area (Å²) in [6.45, 7) is 1.65. The van der Waals surface area contributed by atoms with Crippen molar-refractivity contribution in [2.75, 3.05) is 13.7 Å². The van der Waals surface area contributed by atoms with Crippen LogP contribution in [0.2, 0.25) is 0 Å². The summed E-state index contributed by atoms with van der Waals surface area (Å²) in [5, 5.41) is 3.51. The van der Waals surface area contributed by atoms with E-state index < -0.39 is 0 Å². The van der Waals surface area contributed by atoms with Crippen LogP contribution in [0.25, 0.3) is 0 Å². The Labute approximate surface area is 125 Å². The van der Waals surface area contributed by atoms with Gasteiger partial charge in [-0.05, 0) is 42.6 Å². The maximum Gasteiger partial charge on any atom is 0.161 e. The molecule has 0 aromatic heterocycles. The SMILES string of the molecule is COc1cc(C2CCCN2)ccc1OCc1ccccc1. The summed E-state index contributed by atoms with van der Waals surface area (Å²) < 4.78 is 11.4. The molecule has 0 spiro atoms. The maximum absolute atomic E-state index is 5.89. The van der Waals surface area contributed by atoms with E-state index in [1.54, 1.807) is 7.11 Å². The molecule has 1 N–H and O–H groups in total. The molecule has 3 rings (SSSR count). The van der Waals surface area contributed by atoms with Gasteiger partial charge in [0.25, 0.3) is 0 Å². The van der Waals surface area contributed by atoms with Gasteiger partial charge in [0.05, 0.1) is 7.11 Å². The minimum Gasteiger partial charge on any atom is -0.493 e. The minimum absolute atomic E-state index is 0.446. The molecule has 1 unspecified atom stereocenters. The molecule has 21 heavy (non-hydrogen) atoms. The first-order chi connectivity index (χ1) is 10.4. The van der Waals surface area contributed by atoms with Gasteiger partial charge in [-0.3, -0.25) is 0 Å². The molecular formula is C18H21NO2. The van der Waals surface area contributed by atoms with Gasteiger partial charge in [0, 0.05) is 6.04 Å². The molecule has 0 bridgehead atoms. The average Bonchev–Trinajstić information content (AvgIpc) is 3.08. The minimum atomic E-state index is 0.446. The van der Waals surface area contributed by atoms with E-state index in [1.165, 1.54) is 18.4 Å². The van der Waals surface area contributed by atoms with Gasteiger partial charge >= 0.3 is 0 Å². The standard InChI is InChI=1S/C18H21NO2/c1-20-18-12-15(16-8-5-11-19-16)9-10-17(18)21-13-14-6-3-2-4-7-14/h2-4,6-7,9-10,12,16,19H,5,8,11,13H2,1H3. The summed E-state index contributed by atoms with van der Waals surface area (Å²) in [5.41, 5.74) is 2.43. The third kappa shape index (κ3) is 3.37. The number of rotatable bonds is 5. The van der Waals surface area contributed by atoms with Gasteiger partial charge in [-0.2, -0.15) is 0 Å². The van der Waals surface area contributed by atoms with Crippen LogP contribution < -0.4 is 14.8 Å². The van der Waals surface area contributed by atoms with Gasteiger partial charge < -0.3 is 14.8 Å². The number of ether oxygens (including phenoxy) is 2. The lowest BCUT2D eigenvalue weighted by Gasteiger charge is -2.15. The fraction of sp³-hybridized carbons (Fsp3) is 0.333. The third-order valence-corrected chi connectivity index (χ3v) is 3.89. The molecule has 110 valence electrons. The Morgan fingerprint density at radius 3 is 2.67 bits per heavy atom. The largest absolute Gasteiger partial charge is 0.493 e. The average molecular weight is 283 g/mol. The van der Waals surface area contributed by atoms with Crippen molar-refractivity contribution in [2.45, 2.75) is 25.5 Å². The topological polar surface area (TPSA) is 30.5 Å². The lowest BCUT2D eigenvalue weighted by molar-refractivity contribution is 0.284. The molecule has 3 heteroatoms.